The standard InChI is InChI=1S/C14H18FN3O2S/c1-17(2)13(19)18-8-14(9-18)6-10(7-21-14)20-12-11(15)4-3-5-16-12/h3-5,10H,6-9H2,1-2H3/t10-/m1/s1. The van der Waals surface area contributed by atoms with Crippen LogP contribution in [0.3, 0.4) is 0 Å². The molecule has 1 atom stereocenters. The van der Waals surface area contributed by atoms with E-state index in [0.29, 0.717) is 0 Å². The van der Waals surface area contributed by atoms with Crippen molar-refractivity contribution in [2.24, 2.45) is 0 Å². The van der Waals surface area contributed by atoms with Gasteiger partial charge in [-0.25, -0.2) is 14.2 Å². The quantitative estimate of drug-likeness (QED) is 0.836. The molecule has 0 saturated carbocycles. The summed E-state index contributed by atoms with van der Waals surface area (Å²) < 4.78 is 19.3. The molecule has 0 unspecified atom stereocenters. The van der Waals surface area contributed by atoms with Crippen LogP contribution >= 0.6 is 11.8 Å². The van der Waals surface area contributed by atoms with Gasteiger partial charge in [0.2, 0.25) is 0 Å². The fraction of sp³-hybridized carbons (Fsp3) is 0.571. The number of urea groups is 1. The molecule has 1 aromatic rings. The van der Waals surface area contributed by atoms with E-state index in [1.54, 1.807) is 25.1 Å². The summed E-state index contributed by atoms with van der Waals surface area (Å²) >= 11 is 1.81. The molecule has 2 amide bonds. The number of rotatable bonds is 2. The van der Waals surface area contributed by atoms with Gasteiger partial charge >= 0.3 is 6.03 Å². The zero-order chi connectivity index (χ0) is 15.0. The van der Waals surface area contributed by atoms with Crippen molar-refractivity contribution < 1.29 is 13.9 Å². The number of carbonyl (C=O) groups is 1. The van der Waals surface area contributed by atoms with Crippen molar-refractivity contribution in [3.05, 3.63) is 24.1 Å². The van der Waals surface area contributed by atoms with Gasteiger partial charge in [0.15, 0.2) is 5.82 Å². The Kier molecular flexibility index (Phi) is 3.69. The molecule has 1 aromatic heterocycles. The molecular weight excluding hydrogens is 293 g/mol. The molecule has 114 valence electrons. The maximum absolute atomic E-state index is 13.5. The molecule has 7 heteroatoms. The lowest BCUT2D eigenvalue weighted by molar-refractivity contribution is 0.0976. The van der Waals surface area contributed by atoms with Crippen molar-refractivity contribution >= 4 is 17.8 Å². The molecule has 0 bridgehead atoms. The molecule has 0 N–H and O–H groups in total. The lowest BCUT2D eigenvalue weighted by Gasteiger charge is -2.48. The average molecular weight is 311 g/mol. The molecule has 3 rings (SSSR count). The van der Waals surface area contributed by atoms with Crippen molar-refractivity contribution in [2.45, 2.75) is 17.3 Å². The maximum Gasteiger partial charge on any atom is 0.319 e. The number of halogens is 1. The van der Waals surface area contributed by atoms with Crippen LogP contribution in [0.1, 0.15) is 6.42 Å². The van der Waals surface area contributed by atoms with E-state index in [-0.39, 0.29) is 22.8 Å². The Balaban J connectivity index is 1.56. The highest BCUT2D eigenvalue weighted by molar-refractivity contribution is 8.01. The Morgan fingerprint density at radius 3 is 3.00 bits per heavy atom. The summed E-state index contributed by atoms with van der Waals surface area (Å²) in [6.45, 7) is 1.47. The van der Waals surface area contributed by atoms with Gasteiger partial charge in [-0.05, 0) is 12.1 Å². The summed E-state index contributed by atoms with van der Waals surface area (Å²) in [5.41, 5.74) is 0. The number of carbonyl (C=O) groups excluding carboxylic acids is 1. The normalized spacial score (nSPS) is 23.0. The molecule has 0 aromatic carbocycles. The third kappa shape index (κ3) is 2.79. The molecule has 0 radical (unpaired) electrons. The predicted molar refractivity (Wildman–Crippen MR) is 79.1 cm³/mol. The highest BCUT2D eigenvalue weighted by Gasteiger charge is 2.51. The summed E-state index contributed by atoms with van der Waals surface area (Å²) in [4.78, 5) is 19.2. The third-order valence-electron chi connectivity index (χ3n) is 3.79. The predicted octanol–water partition coefficient (Wildman–Crippen LogP) is 1.84. The number of hydrogen-bond donors (Lipinski definition) is 0. The van der Waals surface area contributed by atoms with Gasteiger partial charge in [0, 0.05) is 45.6 Å². The van der Waals surface area contributed by atoms with Crippen LogP contribution in [0, 0.1) is 5.82 Å². The topological polar surface area (TPSA) is 45.7 Å². The van der Waals surface area contributed by atoms with E-state index in [1.165, 1.54) is 12.3 Å². The number of ether oxygens (including phenoxy) is 1. The Bertz CT molecular complexity index is 549. The Hall–Kier alpha value is -1.50. The van der Waals surface area contributed by atoms with Crippen LogP contribution in [0.5, 0.6) is 5.88 Å². The molecule has 1 spiro atoms. The van der Waals surface area contributed by atoms with Gasteiger partial charge in [-0.3, -0.25) is 0 Å². The largest absolute Gasteiger partial charge is 0.471 e. The van der Waals surface area contributed by atoms with Crippen LogP contribution in [0.15, 0.2) is 18.3 Å². The molecule has 2 aliphatic heterocycles. The van der Waals surface area contributed by atoms with Gasteiger partial charge in [-0.15, -0.1) is 11.8 Å². The summed E-state index contributed by atoms with van der Waals surface area (Å²) in [6.07, 6.45) is 2.30. The van der Waals surface area contributed by atoms with Crippen LogP contribution in [0.4, 0.5) is 9.18 Å². The van der Waals surface area contributed by atoms with Crippen molar-refractivity contribution in [2.75, 3.05) is 32.9 Å². The van der Waals surface area contributed by atoms with E-state index in [1.807, 2.05) is 16.7 Å². The zero-order valence-electron chi connectivity index (χ0n) is 12.1. The first-order valence-corrected chi connectivity index (χ1v) is 7.85. The minimum absolute atomic E-state index is 0.0429. The summed E-state index contributed by atoms with van der Waals surface area (Å²) in [7, 11) is 3.51. The number of aromatic nitrogens is 1. The summed E-state index contributed by atoms with van der Waals surface area (Å²) in [5.74, 6) is 0.446. The van der Waals surface area contributed by atoms with Gasteiger partial charge in [0.25, 0.3) is 5.88 Å². The second-order valence-electron chi connectivity index (χ2n) is 5.76. The van der Waals surface area contributed by atoms with E-state index < -0.39 is 5.82 Å². The Labute approximate surface area is 127 Å². The number of pyridine rings is 1. The molecule has 0 aliphatic carbocycles. The van der Waals surface area contributed by atoms with Gasteiger partial charge in [0.05, 0.1) is 4.75 Å². The maximum atomic E-state index is 13.5. The van der Waals surface area contributed by atoms with Crippen molar-refractivity contribution in [1.82, 2.24) is 14.8 Å². The lowest BCUT2D eigenvalue weighted by atomic mass is 9.93. The molecule has 5 nitrogen and oxygen atoms in total. The average Bonchev–Trinajstić information content (AvgIpc) is 2.83. The van der Waals surface area contributed by atoms with E-state index in [2.05, 4.69) is 4.98 Å². The Morgan fingerprint density at radius 2 is 2.33 bits per heavy atom. The number of nitrogens with zero attached hydrogens (tertiary/aromatic N) is 3. The Morgan fingerprint density at radius 1 is 1.57 bits per heavy atom. The van der Waals surface area contributed by atoms with Gasteiger partial charge < -0.3 is 14.5 Å². The fourth-order valence-corrected chi connectivity index (χ4v) is 4.31. The van der Waals surface area contributed by atoms with Crippen LogP contribution in [-0.4, -0.2) is 64.6 Å². The third-order valence-corrected chi connectivity index (χ3v) is 5.36. The number of hydrogen-bond acceptors (Lipinski definition) is 4. The van der Waals surface area contributed by atoms with Crippen molar-refractivity contribution in [3.63, 3.8) is 0 Å². The second kappa shape index (κ2) is 5.36. The van der Waals surface area contributed by atoms with Crippen LogP contribution < -0.4 is 4.74 Å². The van der Waals surface area contributed by atoms with Crippen LogP contribution in [0.2, 0.25) is 0 Å². The minimum atomic E-state index is -0.429. The molecule has 2 fully saturated rings. The SMILES string of the molecule is CN(C)C(=O)N1CC2(C[C@@H](Oc3ncccc3F)CS2)C1. The lowest BCUT2D eigenvalue weighted by Crippen LogP contribution is -2.62. The number of thioether (sulfide) groups is 1. The van der Waals surface area contributed by atoms with Crippen LogP contribution in [0.25, 0.3) is 0 Å². The van der Waals surface area contributed by atoms with E-state index in [0.717, 1.165) is 25.3 Å². The zero-order valence-corrected chi connectivity index (χ0v) is 12.9. The molecule has 2 saturated heterocycles. The van der Waals surface area contributed by atoms with E-state index >= 15 is 0 Å². The smallest absolute Gasteiger partial charge is 0.319 e. The van der Waals surface area contributed by atoms with Crippen LogP contribution in [-0.2, 0) is 0 Å². The molecule has 21 heavy (non-hydrogen) atoms. The first-order valence-electron chi connectivity index (χ1n) is 6.86. The summed E-state index contributed by atoms with van der Waals surface area (Å²) in [5, 5.41) is 0. The first kappa shape index (κ1) is 14.4. The minimum Gasteiger partial charge on any atom is -0.471 e. The van der Waals surface area contributed by atoms with Gasteiger partial charge in [-0.1, -0.05) is 0 Å². The molecular formula is C14H18FN3O2S. The van der Waals surface area contributed by atoms with E-state index in [4.69, 9.17) is 4.74 Å². The highest BCUT2D eigenvalue weighted by atomic mass is 32.2. The fourth-order valence-electron chi connectivity index (χ4n) is 2.78. The monoisotopic (exact) mass is 311 g/mol. The number of likely N-dealkylation sites (tertiary alicyclic amines) is 1. The van der Waals surface area contributed by atoms with Gasteiger partial charge in [0.1, 0.15) is 6.10 Å². The second-order valence-corrected chi connectivity index (χ2v) is 7.25. The van der Waals surface area contributed by atoms with Gasteiger partial charge in [-0.2, -0.15) is 0 Å². The molecule has 2 aliphatic rings. The molecule has 3 heterocycles. The first-order chi connectivity index (χ1) is 9.99. The highest BCUT2D eigenvalue weighted by Crippen LogP contribution is 2.46. The van der Waals surface area contributed by atoms with E-state index in [9.17, 15) is 9.18 Å². The van der Waals surface area contributed by atoms with Crippen molar-refractivity contribution in [3.8, 4) is 5.88 Å². The number of amides is 2. The summed E-state index contributed by atoms with van der Waals surface area (Å²) in [6, 6.07) is 2.94. The van der Waals surface area contributed by atoms with Crippen molar-refractivity contribution in [1.29, 1.82) is 0 Å².